The number of carbonyl (C=O) groups is 1. The molecule has 4 aliphatic carbocycles. The van der Waals surface area contributed by atoms with Crippen molar-refractivity contribution in [3.63, 3.8) is 0 Å². The van der Waals surface area contributed by atoms with E-state index in [-0.39, 0.29) is 11.9 Å². The van der Waals surface area contributed by atoms with E-state index in [1.807, 2.05) is 19.2 Å². The van der Waals surface area contributed by atoms with Gasteiger partial charge in [-0.2, -0.15) is 5.10 Å². The van der Waals surface area contributed by atoms with Gasteiger partial charge in [0.1, 0.15) is 6.04 Å². The van der Waals surface area contributed by atoms with Gasteiger partial charge in [0.05, 0.1) is 0 Å². The molecule has 1 N–H and O–H groups in total. The molecule has 1 amide bonds. The summed E-state index contributed by atoms with van der Waals surface area (Å²) in [5, 5.41) is 7.53. The van der Waals surface area contributed by atoms with Crippen molar-refractivity contribution in [3.8, 4) is 0 Å². The van der Waals surface area contributed by atoms with E-state index in [9.17, 15) is 4.79 Å². The predicted molar refractivity (Wildman–Crippen MR) is 75.9 cm³/mol. The highest BCUT2D eigenvalue weighted by molar-refractivity contribution is 5.80. The first-order valence-corrected chi connectivity index (χ1v) is 8.00. The summed E-state index contributed by atoms with van der Waals surface area (Å²) in [6.07, 6.45) is 10.4. The Morgan fingerprint density at radius 2 is 1.85 bits per heavy atom. The molecule has 1 atom stereocenters. The monoisotopic (exact) mass is 273 g/mol. The molecule has 4 heteroatoms. The van der Waals surface area contributed by atoms with Crippen molar-refractivity contribution >= 4 is 5.91 Å². The van der Waals surface area contributed by atoms with Crippen LogP contribution in [0.5, 0.6) is 0 Å². The van der Waals surface area contributed by atoms with Crippen LogP contribution in [-0.4, -0.2) is 21.7 Å². The molecule has 1 aromatic heterocycles. The van der Waals surface area contributed by atoms with Crippen LogP contribution in [0.3, 0.4) is 0 Å². The molecule has 4 nitrogen and oxygen atoms in total. The van der Waals surface area contributed by atoms with Gasteiger partial charge in [0.25, 0.3) is 0 Å². The number of amides is 1. The number of rotatable bonds is 3. The molecule has 0 spiro atoms. The van der Waals surface area contributed by atoms with Crippen molar-refractivity contribution < 1.29 is 4.79 Å². The molecule has 4 aliphatic rings. The predicted octanol–water partition coefficient (Wildman–Crippen LogP) is 2.39. The third kappa shape index (κ3) is 1.97. The maximum atomic E-state index is 12.5. The Morgan fingerprint density at radius 3 is 2.40 bits per heavy atom. The molecule has 0 aliphatic heterocycles. The van der Waals surface area contributed by atoms with Crippen LogP contribution in [0, 0.1) is 23.7 Å². The zero-order valence-corrected chi connectivity index (χ0v) is 12.0. The van der Waals surface area contributed by atoms with Crippen molar-refractivity contribution in [1.29, 1.82) is 0 Å². The number of carbonyl (C=O) groups excluding carboxylic acids is 1. The molecule has 20 heavy (non-hydrogen) atoms. The second-order valence-corrected chi connectivity index (χ2v) is 7.13. The summed E-state index contributed by atoms with van der Waals surface area (Å²) in [7, 11) is 0. The maximum Gasteiger partial charge on any atom is 0.244 e. The summed E-state index contributed by atoms with van der Waals surface area (Å²) in [6, 6.07) is 2.09. The van der Waals surface area contributed by atoms with Crippen LogP contribution in [0.15, 0.2) is 18.5 Å². The Morgan fingerprint density at radius 1 is 1.20 bits per heavy atom. The fourth-order valence-electron chi connectivity index (χ4n) is 5.08. The van der Waals surface area contributed by atoms with Crippen molar-refractivity contribution in [1.82, 2.24) is 15.1 Å². The Bertz CT molecular complexity index is 468. The highest BCUT2D eigenvalue weighted by Gasteiger charge is 2.48. The zero-order chi connectivity index (χ0) is 13.7. The molecule has 1 aromatic rings. The Balaban J connectivity index is 1.45. The number of hydrogen-bond donors (Lipinski definition) is 1. The summed E-state index contributed by atoms with van der Waals surface area (Å²) in [5.41, 5.74) is 0. The summed E-state index contributed by atoms with van der Waals surface area (Å²) in [5.74, 6) is 3.51. The molecular weight excluding hydrogens is 250 g/mol. The van der Waals surface area contributed by atoms with Crippen LogP contribution in [0.4, 0.5) is 0 Å². The molecular formula is C16H23N3O. The zero-order valence-electron chi connectivity index (χ0n) is 12.0. The van der Waals surface area contributed by atoms with Crippen molar-refractivity contribution in [2.75, 3.05) is 0 Å². The fraction of sp³-hybridized carbons (Fsp3) is 0.750. The van der Waals surface area contributed by atoms with Crippen LogP contribution >= 0.6 is 0 Å². The minimum Gasteiger partial charge on any atom is -0.351 e. The van der Waals surface area contributed by atoms with Gasteiger partial charge in [-0.1, -0.05) is 0 Å². The van der Waals surface area contributed by atoms with Crippen molar-refractivity contribution in [2.24, 2.45) is 23.7 Å². The number of nitrogens with one attached hydrogen (secondary N) is 1. The maximum absolute atomic E-state index is 12.5. The second kappa shape index (κ2) is 4.61. The lowest BCUT2D eigenvalue weighted by molar-refractivity contribution is -0.128. The van der Waals surface area contributed by atoms with E-state index < -0.39 is 0 Å². The van der Waals surface area contributed by atoms with E-state index in [1.165, 1.54) is 32.1 Å². The average Bonchev–Trinajstić information content (AvgIpc) is 2.95. The number of aromatic nitrogens is 2. The Hall–Kier alpha value is -1.32. The molecule has 4 saturated carbocycles. The number of nitrogens with zero attached hydrogens (tertiary/aromatic N) is 2. The summed E-state index contributed by atoms with van der Waals surface area (Å²) in [4.78, 5) is 12.5. The van der Waals surface area contributed by atoms with Gasteiger partial charge in [-0.3, -0.25) is 9.48 Å². The lowest BCUT2D eigenvalue weighted by Gasteiger charge is -2.54. The second-order valence-electron chi connectivity index (χ2n) is 7.13. The highest BCUT2D eigenvalue weighted by atomic mass is 16.2. The first kappa shape index (κ1) is 12.4. The molecule has 0 radical (unpaired) electrons. The summed E-state index contributed by atoms with van der Waals surface area (Å²) in [6.45, 7) is 1.93. The van der Waals surface area contributed by atoms with Crippen LogP contribution in [0.2, 0.25) is 0 Å². The lowest BCUT2D eigenvalue weighted by atomic mass is 9.54. The first-order valence-electron chi connectivity index (χ1n) is 8.00. The van der Waals surface area contributed by atoms with E-state index >= 15 is 0 Å². The third-order valence-corrected chi connectivity index (χ3v) is 5.84. The van der Waals surface area contributed by atoms with E-state index in [1.54, 1.807) is 10.9 Å². The highest BCUT2D eigenvalue weighted by Crippen LogP contribution is 2.53. The van der Waals surface area contributed by atoms with Gasteiger partial charge in [0.15, 0.2) is 0 Å². The minimum atomic E-state index is -0.206. The summed E-state index contributed by atoms with van der Waals surface area (Å²) >= 11 is 0. The van der Waals surface area contributed by atoms with Crippen LogP contribution in [0.1, 0.15) is 45.1 Å². The largest absolute Gasteiger partial charge is 0.351 e. The molecule has 5 rings (SSSR count). The molecule has 4 fully saturated rings. The van der Waals surface area contributed by atoms with Crippen LogP contribution in [-0.2, 0) is 4.79 Å². The molecule has 4 bridgehead atoms. The Labute approximate surface area is 119 Å². The van der Waals surface area contributed by atoms with Gasteiger partial charge < -0.3 is 5.32 Å². The van der Waals surface area contributed by atoms with E-state index in [0.717, 1.165) is 23.7 Å². The van der Waals surface area contributed by atoms with E-state index in [2.05, 4.69) is 10.4 Å². The lowest BCUT2D eigenvalue weighted by Crippen LogP contribution is -2.56. The van der Waals surface area contributed by atoms with Gasteiger partial charge in [-0.05, 0) is 68.8 Å². The quantitative estimate of drug-likeness (QED) is 0.919. The molecule has 1 unspecified atom stereocenters. The Kier molecular flexibility index (Phi) is 2.86. The van der Waals surface area contributed by atoms with Gasteiger partial charge in [0, 0.05) is 18.4 Å². The first-order chi connectivity index (χ1) is 9.70. The topological polar surface area (TPSA) is 46.9 Å². The average molecular weight is 273 g/mol. The molecule has 0 saturated heterocycles. The van der Waals surface area contributed by atoms with E-state index in [0.29, 0.717) is 6.04 Å². The van der Waals surface area contributed by atoms with Crippen molar-refractivity contribution in [3.05, 3.63) is 18.5 Å². The number of hydrogen-bond acceptors (Lipinski definition) is 2. The van der Waals surface area contributed by atoms with Gasteiger partial charge in [-0.25, -0.2) is 0 Å². The standard InChI is InChI=1S/C16H23N3O/c1-10(19-4-2-3-17-19)16(20)18-15-13-6-11-5-12(8-13)9-14(15)7-11/h2-4,10-15H,5-9H2,1H3,(H,18,20). The smallest absolute Gasteiger partial charge is 0.244 e. The van der Waals surface area contributed by atoms with Crippen LogP contribution in [0.25, 0.3) is 0 Å². The summed E-state index contributed by atoms with van der Waals surface area (Å²) < 4.78 is 1.74. The normalized spacial score (nSPS) is 39.8. The third-order valence-electron chi connectivity index (χ3n) is 5.84. The SMILES string of the molecule is CC(C(=O)NC1C2CC3CC(C2)CC1C3)n1cccn1. The van der Waals surface area contributed by atoms with Gasteiger partial charge in [-0.15, -0.1) is 0 Å². The fourth-order valence-corrected chi connectivity index (χ4v) is 5.08. The minimum absolute atomic E-state index is 0.131. The van der Waals surface area contributed by atoms with Gasteiger partial charge in [0.2, 0.25) is 5.91 Å². The molecule has 108 valence electrons. The van der Waals surface area contributed by atoms with Crippen molar-refractivity contribution in [2.45, 2.75) is 51.1 Å². The van der Waals surface area contributed by atoms with Crippen LogP contribution < -0.4 is 5.32 Å². The van der Waals surface area contributed by atoms with Gasteiger partial charge >= 0.3 is 0 Å². The van der Waals surface area contributed by atoms with E-state index in [4.69, 9.17) is 0 Å². The molecule has 1 heterocycles. The molecule has 0 aromatic carbocycles.